The summed E-state index contributed by atoms with van der Waals surface area (Å²) in [7, 11) is 0. The number of benzene rings is 1. The summed E-state index contributed by atoms with van der Waals surface area (Å²) in [5.74, 6) is -0.365. The van der Waals surface area contributed by atoms with Gasteiger partial charge in [-0.3, -0.25) is 14.9 Å². The third-order valence-electron chi connectivity index (χ3n) is 3.98. The van der Waals surface area contributed by atoms with Crippen molar-refractivity contribution in [2.24, 2.45) is 0 Å². The molecule has 0 aliphatic carbocycles. The molecular formula is C18H19N5O2S. The van der Waals surface area contributed by atoms with E-state index in [0.29, 0.717) is 10.8 Å². The smallest absolute Gasteiger partial charge is 0.267 e. The maximum Gasteiger partial charge on any atom is 0.267 e. The molecule has 0 aliphatic heterocycles. The second kappa shape index (κ2) is 7.57. The Kier molecular flexibility index (Phi) is 5.22. The van der Waals surface area contributed by atoms with E-state index < -0.39 is 0 Å². The molecule has 0 bridgehead atoms. The summed E-state index contributed by atoms with van der Waals surface area (Å²) in [5.41, 5.74) is 3.54. The molecule has 3 aromatic rings. The molecule has 1 aromatic carbocycles. The molecule has 0 saturated carbocycles. The molecule has 8 heteroatoms. The number of aryl methyl sites for hydroxylation is 3. The van der Waals surface area contributed by atoms with Gasteiger partial charge in [-0.15, -0.1) is 10.2 Å². The number of hydrogen-bond acceptors (Lipinski definition) is 6. The molecule has 0 saturated heterocycles. The number of rotatable bonds is 5. The summed E-state index contributed by atoms with van der Waals surface area (Å²) >= 11 is 1.32. The highest BCUT2D eigenvalue weighted by Gasteiger charge is 2.11. The van der Waals surface area contributed by atoms with Crippen LogP contribution >= 0.6 is 11.3 Å². The van der Waals surface area contributed by atoms with E-state index in [1.807, 2.05) is 39.0 Å². The minimum atomic E-state index is -0.365. The molecule has 0 spiro atoms. The summed E-state index contributed by atoms with van der Waals surface area (Å²) in [4.78, 5) is 24.3. The second-order valence-electron chi connectivity index (χ2n) is 5.92. The molecule has 1 N–H and O–H groups in total. The van der Waals surface area contributed by atoms with E-state index in [1.165, 1.54) is 23.0 Å². The van der Waals surface area contributed by atoms with E-state index in [2.05, 4.69) is 20.6 Å². The van der Waals surface area contributed by atoms with Gasteiger partial charge in [0.2, 0.25) is 11.0 Å². The predicted octanol–water partition coefficient (Wildman–Crippen LogP) is 2.58. The van der Waals surface area contributed by atoms with E-state index in [9.17, 15) is 9.59 Å². The van der Waals surface area contributed by atoms with E-state index in [1.54, 1.807) is 6.07 Å². The highest BCUT2D eigenvalue weighted by atomic mass is 32.1. The molecule has 134 valence electrons. The van der Waals surface area contributed by atoms with Gasteiger partial charge in [0.05, 0.1) is 5.69 Å². The molecule has 0 aliphatic rings. The van der Waals surface area contributed by atoms with Gasteiger partial charge in [-0.05, 0) is 43.5 Å². The molecule has 1 amide bonds. The third-order valence-corrected chi connectivity index (χ3v) is 4.96. The zero-order valence-corrected chi connectivity index (χ0v) is 15.6. The van der Waals surface area contributed by atoms with E-state index >= 15 is 0 Å². The number of carbonyl (C=O) groups excluding carboxylic acids is 1. The standard InChI is InChI=1S/C18H19N5O2S/c1-4-16-20-21-18(26-16)19-15(24)10-23-17(25)8-7-14(22-23)13-6-5-11(2)12(3)9-13/h5-9H,4,10H2,1-3H3,(H,19,21,24). The molecule has 2 aromatic heterocycles. The zero-order chi connectivity index (χ0) is 18.7. The molecule has 0 atom stereocenters. The quantitative estimate of drug-likeness (QED) is 0.746. The molecule has 2 heterocycles. The van der Waals surface area contributed by atoms with Gasteiger partial charge in [0, 0.05) is 11.6 Å². The van der Waals surface area contributed by atoms with Crippen LogP contribution in [0.25, 0.3) is 11.3 Å². The minimum Gasteiger partial charge on any atom is -0.299 e. The highest BCUT2D eigenvalue weighted by molar-refractivity contribution is 7.15. The van der Waals surface area contributed by atoms with Crippen LogP contribution in [0.2, 0.25) is 0 Å². The Morgan fingerprint density at radius 2 is 1.96 bits per heavy atom. The van der Waals surface area contributed by atoms with Crippen molar-refractivity contribution in [1.29, 1.82) is 0 Å². The van der Waals surface area contributed by atoms with Gasteiger partial charge < -0.3 is 0 Å². The monoisotopic (exact) mass is 369 g/mol. The lowest BCUT2D eigenvalue weighted by atomic mass is 10.0. The number of anilines is 1. The number of hydrogen-bond donors (Lipinski definition) is 1. The van der Waals surface area contributed by atoms with Crippen LogP contribution in [0, 0.1) is 13.8 Å². The van der Waals surface area contributed by atoms with Crippen LogP contribution in [-0.2, 0) is 17.8 Å². The summed E-state index contributed by atoms with van der Waals surface area (Å²) in [6.07, 6.45) is 0.757. The van der Waals surface area contributed by atoms with Gasteiger partial charge in [0.1, 0.15) is 11.6 Å². The van der Waals surface area contributed by atoms with Crippen LogP contribution in [-0.4, -0.2) is 25.9 Å². The first kappa shape index (κ1) is 17.9. The first-order valence-corrected chi connectivity index (χ1v) is 9.06. The van der Waals surface area contributed by atoms with Crippen molar-refractivity contribution in [3.8, 4) is 11.3 Å². The molecule has 0 unspecified atom stereocenters. The summed E-state index contributed by atoms with van der Waals surface area (Å²) in [6.45, 7) is 5.84. The fraction of sp³-hybridized carbons (Fsp3) is 0.278. The average Bonchev–Trinajstić information content (AvgIpc) is 3.07. The number of aromatic nitrogens is 4. The highest BCUT2D eigenvalue weighted by Crippen LogP contribution is 2.19. The van der Waals surface area contributed by atoms with Crippen molar-refractivity contribution < 1.29 is 4.79 Å². The summed E-state index contributed by atoms with van der Waals surface area (Å²) in [6, 6.07) is 9.06. The Bertz CT molecular complexity index is 1010. The molecule has 0 fully saturated rings. The molecule has 26 heavy (non-hydrogen) atoms. The maximum atomic E-state index is 12.2. The van der Waals surface area contributed by atoms with Crippen molar-refractivity contribution in [1.82, 2.24) is 20.0 Å². The van der Waals surface area contributed by atoms with Crippen molar-refractivity contribution in [3.05, 3.63) is 56.8 Å². The number of nitrogens with one attached hydrogen (secondary N) is 1. The molecule has 7 nitrogen and oxygen atoms in total. The normalized spacial score (nSPS) is 10.7. The number of amides is 1. The lowest BCUT2D eigenvalue weighted by molar-refractivity contribution is -0.117. The van der Waals surface area contributed by atoms with Gasteiger partial charge in [-0.2, -0.15) is 5.10 Å². The number of carbonyl (C=O) groups is 1. The topological polar surface area (TPSA) is 89.8 Å². The van der Waals surface area contributed by atoms with Gasteiger partial charge in [-0.1, -0.05) is 30.4 Å². The van der Waals surface area contributed by atoms with Crippen molar-refractivity contribution in [3.63, 3.8) is 0 Å². The maximum absolute atomic E-state index is 12.2. The molecule has 3 rings (SSSR count). The fourth-order valence-corrected chi connectivity index (χ4v) is 3.05. The largest absolute Gasteiger partial charge is 0.299 e. The number of nitrogens with zero attached hydrogens (tertiary/aromatic N) is 4. The Hall–Kier alpha value is -2.87. The van der Waals surface area contributed by atoms with Crippen LogP contribution < -0.4 is 10.9 Å². The van der Waals surface area contributed by atoms with Crippen molar-refractivity contribution in [2.75, 3.05) is 5.32 Å². The summed E-state index contributed by atoms with van der Waals surface area (Å²) < 4.78 is 1.15. The van der Waals surface area contributed by atoms with E-state index in [4.69, 9.17) is 0 Å². The van der Waals surface area contributed by atoms with Crippen LogP contribution in [0.15, 0.2) is 35.1 Å². The Morgan fingerprint density at radius 1 is 1.15 bits per heavy atom. The SMILES string of the molecule is CCc1nnc(NC(=O)Cn2nc(-c3ccc(C)c(C)c3)ccc2=O)s1. The van der Waals surface area contributed by atoms with Crippen LogP contribution in [0.4, 0.5) is 5.13 Å². The van der Waals surface area contributed by atoms with Crippen molar-refractivity contribution >= 4 is 22.4 Å². The minimum absolute atomic E-state index is 0.182. The Morgan fingerprint density at radius 3 is 2.65 bits per heavy atom. The van der Waals surface area contributed by atoms with E-state index in [0.717, 1.165) is 27.2 Å². The third kappa shape index (κ3) is 4.02. The second-order valence-corrected chi connectivity index (χ2v) is 6.98. The van der Waals surface area contributed by atoms with Crippen LogP contribution in [0.1, 0.15) is 23.1 Å². The van der Waals surface area contributed by atoms with Crippen molar-refractivity contribution in [2.45, 2.75) is 33.7 Å². The van der Waals surface area contributed by atoms with Crippen LogP contribution in [0.3, 0.4) is 0 Å². The fourth-order valence-electron chi connectivity index (χ4n) is 2.36. The average molecular weight is 369 g/mol. The van der Waals surface area contributed by atoms with Gasteiger partial charge in [0.25, 0.3) is 5.56 Å². The zero-order valence-electron chi connectivity index (χ0n) is 14.8. The Labute approximate surface area is 154 Å². The molecule has 0 radical (unpaired) electrons. The molecular weight excluding hydrogens is 350 g/mol. The van der Waals surface area contributed by atoms with E-state index in [-0.39, 0.29) is 18.0 Å². The predicted molar refractivity (Wildman–Crippen MR) is 101 cm³/mol. The summed E-state index contributed by atoms with van der Waals surface area (Å²) in [5, 5.41) is 16.1. The first-order chi connectivity index (χ1) is 12.5. The van der Waals surface area contributed by atoms with Gasteiger partial charge in [0.15, 0.2) is 0 Å². The van der Waals surface area contributed by atoms with Crippen LogP contribution in [0.5, 0.6) is 0 Å². The Balaban J connectivity index is 1.80. The lowest BCUT2D eigenvalue weighted by Gasteiger charge is -2.08. The van der Waals surface area contributed by atoms with Gasteiger partial charge in [-0.25, -0.2) is 4.68 Å². The van der Waals surface area contributed by atoms with Gasteiger partial charge >= 0.3 is 0 Å². The lowest BCUT2D eigenvalue weighted by Crippen LogP contribution is -2.29. The first-order valence-electron chi connectivity index (χ1n) is 8.24.